The first-order valence-electron chi connectivity index (χ1n) is 8.22. The summed E-state index contributed by atoms with van der Waals surface area (Å²) in [5, 5.41) is 0. The van der Waals surface area contributed by atoms with Crippen LogP contribution in [-0.2, 0) is 16.1 Å². The van der Waals surface area contributed by atoms with Crippen molar-refractivity contribution in [3.63, 3.8) is 0 Å². The fourth-order valence-electron chi connectivity index (χ4n) is 3.19. The average molecular weight is 421 g/mol. The Balaban J connectivity index is 1.71. The van der Waals surface area contributed by atoms with E-state index in [1.807, 2.05) is 44.2 Å². The summed E-state index contributed by atoms with van der Waals surface area (Å²) >= 11 is 5.07. The molecule has 25 heavy (non-hydrogen) atoms. The van der Waals surface area contributed by atoms with Crippen LogP contribution in [0.1, 0.15) is 22.4 Å². The van der Waals surface area contributed by atoms with Crippen LogP contribution in [0.5, 0.6) is 0 Å². The Morgan fingerprint density at radius 3 is 2.76 bits per heavy atom. The maximum absolute atomic E-state index is 12.8. The molecular formula is C19H21BrN2O2S. The van der Waals surface area contributed by atoms with Gasteiger partial charge in [-0.05, 0) is 59.1 Å². The predicted molar refractivity (Wildman–Crippen MR) is 105 cm³/mol. The summed E-state index contributed by atoms with van der Waals surface area (Å²) in [6, 6.07) is 9.95. The van der Waals surface area contributed by atoms with Gasteiger partial charge in [-0.15, -0.1) is 11.3 Å². The van der Waals surface area contributed by atoms with Gasteiger partial charge in [0.1, 0.15) is 0 Å². The molecule has 1 saturated heterocycles. The van der Waals surface area contributed by atoms with Gasteiger partial charge in [-0.2, -0.15) is 0 Å². The molecule has 0 saturated carbocycles. The largest absolute Gasteiger partial charge is 0.340 e. The van der Waals surface area contributed by atoms with Crippen molar-refractivity contribution in [1.82, 2.24) is 4.90 Å². The van der Waals surface area contributed by atoms with Crippen LogP contribution in [0.3, 0.4) is 0 Å². The van der Waals surface area contributed by atoms with E-state index in [-0.39, 0.29) is 24.2 Å². The Hall–Kier alpha value is -1.66. The third kappa shape index (κ3) is 3.80. The van der Waals surface area contributed by atoms with Crippen molar-refractivity contribution in [2.75, 3.05) is 18.5 Å². The molecule has 1 aromatic heterocycles. The Morgan fingerprint density at radius 1 is 1.32 bits per heavy atom. The molecule has 2 heterocycles. The third-order valence-corrected chi connectivity index (χ3v) is 6.35. The van der Waals surface area contributed by atoms with Gasteiger partial charge in [0.05, 0.1) is 16.2 Å². The number of nitrogens with zero attached hydrogens (tertiary/aromatic N) is 2. The molecule has 0 radical (unpaired) electrons. The maximum atomic E-state index is 12.8. The summed E-state index contributed by atoms with van der Waals surface area (Å²) < 4.78 is 1.06. The third-order valence-electron chi connectivity index (χ3n) is 4.74. The molecule has 1 aromatic carbocycles. The number of thiophene rings is 1. The molecule has 2 amide bonds. The summed E-state index contributed by atoms with van der Waals surface area (Å²) in [4.78, 5) is 29.9. The number of anilines is 1. The zero-order valence-corrected chi connectivity index (χ0v) is 17.0. The predicted octanol–water partition coefficient (Wildman–Crippen LogP) is 4.14. The van der Waals surface area contributed by atoms with E-state index in [9.17, 15) is 9.59 Å². The molecule has 0 bridgehead atoms. The molecule has 1 unspecified atom stereocenters. The molecule has 1 atom stereocenters. The second-order valence-corrected chi connectivity index (χ2v) is 9.07. The van der Waals surface area contributed by atoms with Gasteiger partial charge < -0.3 is 9.80 Å². The van der Waals surface area contributed by atoms with Crippen molar-refractivity contribution in [1.29, 1.82) is 0 Å². The number of carbonyl (C=O) groups is 2. The van der Waals surface area contributed by atoms with Gasteiger partial charge in [0.2, 0.25) is 11.8 Å². The minimum absolute atomic E-state index is 0.0271. The number of hydrogen-bond donors (Lipinski definition) is 0. The lowest BCUT2D eigenvalue weighted by Crippen LogP contribution is -2.34. The highest BCUT2D eigenvalue weighted by atomic mass is 79.9. The highest BCUT2D eigenvalue weighted by molar-refractivity contribution is 9.11. The first kappa shape index (κ1) is 18.1. The topological polar surface area (TPSA) is 40.6 Å². The number of benzene rings is 1. The molecule has 1 aliphatic rings. The molecule has 0 aliphatic carbocycles. The molecule has 6 heteroatoms. The van der Waals surface area contributed by atoms with E-state index in [4.69, 9.17) is 0 Å². The molecule has 132 valence electrons. The van der Waals surface area contributed by atoms with Crippen molar-refractivity contribution >= 4 is 44.8 Å². The maximum Gasteiger partial charge on any atom is 0.228 e. The van der Waals surface area contributed by atoms with E-state index in [0.717, 1.165) is 25.5 Å². The van der Waals surface area contributed by atoms with Gasteiger partial charge >= 0.3 is 0 Å². The van der Waals surface area contributed by atoms with E-state index in [1.54, 1.807) is 28.2 Å². The van der Waals surface area contributed by atoms with E-state index in [2.05, 4.69) is 15.9 Å². The fraction of sp³-hybridized carbons (Fsp3) is 0.368. The highest BCUT2D eigenvalue weighted by Crippen LogP contribution is 2.30. The number of rotatable bonds is 4. The molecule has 1 aliphatic heterocycles. The van der Waals surface area contributed by atoms with Gasteiger partial charge in [0.15, 0.2) is 0 Å². The zero-order valence-electron chi connectivity index (χ0n) is 14.6. The summed E-state index contributed by atoms with van der Waals surface area (Å²) in [7, 11) is 1.81. The van der Waals surface area contributed by atoms with E-state index in [1.165, 1.54) is 0 Å². The van der Waals surface area contributed by atoms with Crippen LogP contribution in [0.25, 0.3) is 0 Å². The monoisotopic (exact) mass is 420 g/mol. The Kier molecular flexibility index (Phi) is 5.29. The summed E-state index contributed by atoms with van der Waals surface area (Å²) in [5.41, 5.74) is 3.17. The second kappa shape index (κ2) is 7.30. The smallest absolute Gasteiger partial charge is 0.228 e. The zero-order chi connectivity index (χ0) is 18.1. The summed E-state index contributed by atoms with van der Waals surface area (Å²) in [5.74, 6) is -0.217. The number of hydrogen-bond acceptors (Lipinski definition) is 3. The standard InChI is InChI=1S/C19H21BrN2O2S/c1-12-5-4-6-16(13(12)2)22-10-14(9-18(22)23)19(24)21(3)11-15-7-8-17(20)25-15/h4-8,14H,9-11H2,1-3H3. The van der Waals surface area contributed by atoms with Crippen LogP contribution in [0.15, 0.2) is 34.1 Å². The average Bonchev–Trinajstić information content (AvgIpc) is 3.15. The number of halogens is 1. The Labute approximate surface area is 160 Å². The summed E-state index contributed by atoms with van der Waals surface area (Å²) in [6.45, 7) is 5.09. The highest BCUT2D eigenvalue weighted by Gasteiger charge is 2.37. The van der Waals surface area contributed by atoms with Crippen LogP contribution < -0.4 is 4.90 Å². The molecular weight excluding hydrogens is 400 g/mol. The SMILES string of the molecule is Cc1cccc(N2CC(C(=O)N(C)Cc3ccc(Br)s3)CC2=O)c1C. The molecule has 0 spiro atoms. The molecule has 4 nitrogen and oxygen atoms in total. The fourth-order valence-corrected chi connectivity index (χ4v) is 4.73. The minimum atomic E-state index is -0.277. The first-order chi connectivity index (χ1) is 11.9. The van der Waals surface area contributed by atoms with Crippen LogP contribution in [-0.4, -0.2) is 30.3 Å². The van der Waals surface area contributed by atoms with E-state index < -0.39 is 0 Å². The number of amides is 2. The van der Waals surface area contributed by atoms with Crippen LogP contribution >= 0.6 is 27.3 Å². The van der Waals surface area contributed by atoms with Crippen molar-refractivity contribution in [2.45, 2.75) is 26.8 Å². The molecule has 1 fully saturated rings. The normalized spacial score (nSPS) is 17.2. The first-order valence-corrected chi connectivity index (χ1v) is 9.83. The minimum Gasteiger partial charge on any atom is -0.340 e. The lowest BCUT2D eigenvalue weighted by atomic mass is 10.1. The van der Waals surface area contributed by atoms with Crippen molar-refractivity contribution in [2.24, 2.45) is 5.92 Å². The van der Waals surface area contributed by atoms with Gasteiger partial charge in [-0.3, -0.25) is 9.59 Å². The van der Waals surface area contributed by atoms with E-state index in [0.29, 0.717) is 13.1 Å². The van der Waals surface area contributed by atoms with Gasteiger partial charge in [0.25, 0.3) is 0 Å². The molecule has 0 N–H and O–H groups in total. The van der Waals surface area contributed by atoms with Crippen LogP contribution in [0.2, 0.25) is 0 Å². The lowest BCUT2D eigenvalue weighted by Gasteiger charge is -2.22. The number of aryl methyl sites for hydroxylation is 1. The second-order valence-electron chi connectivity index (χ2n) is 6.52. The van der Waals surface area contributed by atoms with E-state index >= 15 is 0 Å². The van der Waals surface area contributed by atoms with Crippen LogP contribution in [0.4, 0.5) is 5.69 Å². The van der Waals surface area contributed by atoms with Gasteiger partial charge in [-0.1, -0.05) is 12.1 Å². The van der Waals surface area contributed by atoms with Crippen LogP contribution in [0, 0.1) is 19.8 Å². The Bertz CT molecular complexity index is 818. The quantitative estimate of drug-likeness (QED) is 0.745. The van der Waals surface area contributed by atoms with Gasteiger partial charge in [-0.25, -0.2) is 0 Å². The lowest BCUT2D eigenvalue weighted by molar-refractivity contribution is -0.135. The van der Waals surface area contributed by atoms with Crippen molar-refractivity contribution < 1.29 is 9.59 Å². The summed E-state index contributed by atoms with van der Waals surface area (Å²) in [6.07, 6.45) is 0.282. The van der Waals surface area contributed by atoms with Gasteiger partial charge in [0, 0.05) is 30.6 Å². The number of carbonyl (C=O) groups excluding carboxylic acids is 2. The Morgan fingerprint density at radius 2 is 2.08 bits per heavy atom. The molecule has 3 rings (SSSR count). The molecule has 2 aromatic rings. The van der Waals surface area contributed by atoms with Crippen molar-refractivity contribution in [3.8, 4) is 0 Å². The van der Waals surface area contributed by atoms with Crippen molar-refractivity contribution in [3.05, 3.63) is 50.1 Å².